The molecule has 0 saturated heterocycles. The predicted molar refractivity (Wildman–Crippen MR) is 106 cm³/mol. The fraction of sp³-hybridized carbons (Fsp3) is 0.105. The van der Waals surface area contributed by atoms with Crippen molar-refractivity contribution in [2.45, 2.75) is 18.7 Å². The number of hydrogen-bond acceptors (Lipinski definition) is 4. The molecule has 134 valence electrons. The van der Waals surface area contributed by atoms with Gasteiger partial charge in [-0.1, -0.05) is 35.9 Å². The highest BCUT2D eigenvalue weighted by atomic mass is 35.5. The summed E-state index contributed by atoms with van der Waals surface area (Å²) in [4.78, 5) is 4.30. The maximum Gasteiger partial charge on any atom is 0.263 e. The molecule has 1 aromatic heterocycles. The van der Waals surface area contributed by atoms with Crippen LogP contribution in [-0.4, -0.2) is 13.4 Å². The second-order valence-electron chi connectivity index (χ2n) is 5.91. The lowest BCUT2D eigenvalue weighted by Gasteiger charge is -2.12. The molecule has 0 radical (unpaired) electrons. The third-order valence-electron chi connectivity index (χ3n) is 3.80. The Kier molecular flexibility index (Phi) is 5.15. The first-order valence-corrected chi connectivity index (χ1v) is 9.79. The summed E-state index contributed by atoms with van der Waals surface area (Å²) < 4.78 is 27.4. The van der Waals surface area contributed by atoms with Gasteiger partial charge in [0.25, 0.3) is 10.0 Å². The van der Waals surface area contributed by atoms with Gasteiger partial charge in [0.2, 0.25) is 0 Å². The Morgan fingerprint density at radius 2 is 1.77 bits per heavy atom. The quantitative estimate of drug-likeness (QED) is 0.653. The maximum atomic E-state index is 12.4. The summed E-state index contributed by atoms with van der Waals surface area (Å²) in [7, 11) is -3.77. The molecule has 0 unspecified atom stereocenters. The summed E-state index contributed by atoms with van der Waals surface area (Å²) in [6.45, 7) is 4.03. The molecule has 0 spiro atoms. The van der Waals surface area contributed by atoms with E-state index >= 15 is 0 Å². The number of pyridine rings is 1. The Balaban J connectivity index is 1.78. The van der Waals surface area contributed by atoms with E-state index in [1.54, 1.807) is 24.3 Å². The van der Waals surface area contributed by atoms with E-state index in [2.05, 4.69) is 15.0 Å². The zero-order chi connectivity index (χ0) is 18.7. The first kappa shape index (κ1) is 18.2. The van der Waals surface area contributed by atoms with E-state index in [0.29, 0.717) is 11.5 Å². The summed E-state index contributed by atoms with van der Waals surface area (Å²) in [5.74, 6) is 0.624. The van der Waals surface area contributed by atoms with Crippen LogP contribution in [0.3, 0.4) is 0 Å². The number of anilines is 3. The van der Waals surface area contributed by atoms with Crippen molar-refractivity contribution in [3.8, 4) is 0 Å². The van der Waals surface area contributed by atoms with Crippen LogP contribution in [-0.2, 0) is 10.0 Å². The number of halogens is 1. The molecule has 7 heteroatoms. The largest absolute Gasteiger partial charge is 0.340 e. The molecule has 0 atom stereocenters. The molecule has 1 heterocycles. The topological polar surface area (TPSA) is 71.1 Å². The second-order valence-corrected chi connectivity index (χ2v) is 7.97. The Bertz CT molecular complexity index is 1030. The van der Waals surface area contributed by atoms with Gasteiger partial charge in [-0.2, -0.15) is 0 Å². The lowest BCUT2D eigenvalue weighted by atomic mass is 10.1. The number of aromatic nitrogens is 1. The highest BCUT2D eigenvalue weighted by Crippen LogP contribution is 2.24. The lowest BCUT2D eigenvalue weighted by molar-refractivity contribution is 0.601. The standard InChI is InChI=1S/C19H18ClN3O2S/c1-13-7-8-14(2)17(11-13)22-19-10-9-15(12-21-19)23-26(24,25)18-6-4-3-5-16(18)20/h3-12,23H,1-2H3,(H,21,22). The van der Waals surface area contributed by atoms with E-state index in [1.165, 1.54) is 18.3 Å². The molecule has 2 N–H and O–H groups in total. The average molecular weight is 388 g/mol. The van der Waals surface area contributed by atoms with Crippen LogP contribution in [0.2, 0.25) is 5.02 Å². The Morgan fingerprint density at radius 1 is 1.00 bits per heavy atom. The monoisotopic (exact) mass is 387 g/mol. The van der Waals surface area contributed by atoms with Gasteiger partial charge in [0.15, 0.2) is 0 Å². The van der Waals surface area contributed by atoms with E-state index < -0.39 is 10.0 Å². The van der Waals surface area contributed by atoms with Crippen LogP contribution in [0.4, 0.5) is 17.2 Å². The molecule has 5 nitrogen and oxygen atoms in total. The molecule has 26 heavy (non-hydrogen) atoms. The zero-order valence-corrected chi connectivity index (χ0v) is 15.9. The van der Waals surface area contributed by atoms with Crippen molar-refractivity contribution in [3.63, 3.8) is 0 Å². The molecule has 3 aromatic rings. The van der Waals surface area contributed by atoms with Crippen LogP contribution in [0.15, 0.2) is 65.7 Å². The highest BCUT2D eigenvalue weighted by molar-refractivity contribution is 7.92. The summed E-state index contributed by atoms with van der Waals surface area (Å²) >= 11 is 5.97. The van der Waals surface area contributed by atoms with E-state index in [0.717, 1.165) is 16.8 Å². The van der Waals surface area contributed by atoms with Gasteiger partial charge in [-0.3, -0.25) is 4.72 Å². The molecular weight excluding hydrogens is 370 g/mol. The van der Waals surface area contributed by atoms with Crippen LogP contribution in [0.1, 0.15) is 11.1 Å². The van der Waals surface area contributed by atoms with E-state index in [4.69, 9.17) is 11.6 Å². The minimum Gasteiger partial charge on any atom is -0.340 e. The molecule has 0 saturated carbocycles. The summed E-state index contributed by atoms with van der Waals surface area (Å²) in [5, 5.41) is 3.40. The Labute approximate surface area is 158 Å². The first-order chi connectivity index (χ1) is 12.3. The Morgan fingerprint density at radius 3 is 2.46 bits per heavy atom. The van der Waals surface area contributed by atoms with Crippen molar-refractivity contribution < 1.29 is 8.42 Å². The minimum atomic E-state index is -3.77. The van der Waals surface area contributed by atoms with E-state index in [9.17, 15) is 8.42 Å². The van der Waals surface area contributed by atoms with Crippen LogP contribution >= 0.6 is 11.6 Å². The maximum absolute atomic E-state index is 12.4. The average Bonchev–Trinajstić information content (AvgIpc) is 2.60. The van der Waals surface area contributed by atoms with Crippen molar-refractivity contribution in [2.24, 2.45) is 0 Å². The molecule has 0 aliphatic rings. The van der Waals surface area contributed by atoms with Gasteiger partial charge in [0, 0.05) is 5.69 Å². The van der Waals surface area contributed by atoms with Crippen molar-refractivity contribution in [2.75, 3.05) is 10.0 Å². The van der Waals surface area contributed by atoms with Crippen LogP contribution in [0, 0.1) is 13.8 Å². The van der Waals surface area contributed by atoms with Gasteiger partial charge in [-0.25, -0.2) is 13.4 Å². The SMILES string of the molecule is Cc1ccc(C)c(Nc2ccc(NS(=O)(=O)c3ccccc3Cl)cn2)c1. The number of aryl methyl sites for hydroxylation is 2. The third-order valence-corrected chi connectivity index (χ3v) is 5.68. The molecule has 0 aliphatic heterocycles. The number of nitrogens with one attached hydrogen (secondary N) is 2. The van der Waals surface area contributed by atoms with Gasteiger partial charge in [0.05, 0.1) is 16.9 Å². The van der Waals surface area contributed by atoms with Crippen LogP contribution in [0.25, 0.3) is 0 Å². The fourth-order valence-electron chi connectivity index (χ4n) is 2.41. The second kappa shape index (κ2) is 7.35. The van der Waals surface area contributed by atoms with Crippen molar-refractivity contribution in [1.29, 1.82) is 0 Å². The number of benzene rings is 2. The zero-order valence-electron chi connectivity index (χ0n) is 14.3. The predicted octanol–water partition coefficient (Wildman–Crippen LogP) is 4.90. The first-order valence-electron chi connectivity index (χ1n) is 7.93. The number of rotatable bonds is 5. The van der Waals surface area contributed by atoms with Crippen molar-refractivity contribution in [1.82, 2.24) is 4.98 Å². The molecule has 0 fully saturated rings. The Hall–Kier alpha value is -2.57. The summed E-state index contributed by atoms with van der Waals surface area (Å²) in [6, 6.07) is 15.8. The normalized spacial score (nSPS) is 11.2. The fourth-order valence-corrected chi connectivity index (χ4v) is 3.97. The third kappa shape index (κ3) is 4.15. The van der Waals surface area contributed by atoms with E-state index in [1.807, 2.05) is 32.0 Å². The summed E-state index contributed by atoms with van der Waals surface area (Å²) in [6.07, 6.45) is 1.46. The van der Waals surface area contributed by atoms with Gasteiger partial charge in [-0.05, 0) is 55.3 Å². The molecule has 0 aliphatic carbocycles. The lowest BCUT2D eigenvalue weighted by Crippen LogP contribution is -2.13. The van der Waals surface area contributed by atoms with Crippen LogP contribution in [0.5, 0.6) is 0 Å². The van der Waals surface area contributed by atoms with Gasteiger partial charge in [0.1, 0.15) is 10.7 Å². The number of hydrogen-bond donors (Lipinski definition) is 2. The molecular formula is C19H18ClN3O2S. The minimum absolute atomic E-state index is 0.0271. The summed E-state index contributed by atoms with van der Waals surface area (Å²) in [5.41, 5.74) is 3.56. The molecule has 3 rings (SSSR count). The number of nitrogens with zero attached hydrogens (tertiary/aromatic N) is 1. The van der Waals surface area contributed by atoms with Crippen molar-refractivity contribution >= 4 is 38.8 Å². The van der Waals surface area contributed by atoms with E-state index in [-0.39, 0.29) is 9.92 Å². The molecule has 2 aromatic carbocycles. The van der Waals surface area contributed by atoms with Gasteiger partial charge in [-0.15, -0.1) is 0 Å². The molecule has 0 bridgehead atoms. The highest BCUT2D eigenvalue weighted by Gasteiger charge is 2.17. The van der Waals surface area contributed by atoms with Crippen molar-refractivity contribution in [3.05, 3.63) is 76.9 Å². The van der Waals surface area contributed by atoms with Gasteiger partial charge < -0.3 is 5.32 Å². The smallest absolute Gasteiger partial charge is 0.263 e. The number of sulfonamides is 1. The van der Waals surface area contributed by atoms with Gasteiger partial charge >= 0.3 is 0 Å². The molecule has 0 amide bonds. The van der Waals surface area contributed by atoms with Crippen LogP contribution < -0.4 is 10.0 Å².